The van der Waals surface area contributed by atoms with Gasteiger partial charge in [0, 0.05) is 31.0 Å². The van der Waals surface area contributed by atoms with E-state index in [1.807, 2.05) is 4.90 Å². The molecule has 0 aliphatic carbocycles. The van der Waals surface area contributed by atoms with E-state index in [2.05, 4.69) is 10.3 Å². The summed E-state index contributed by atoms with van der Waals surface area (Å²) in [7, 11) is -3.53. The van der Waals surface area contributed by atoms with Crippen molar-refractivity contribution in [3.05, 3.63) is 23.8 Å². The third-order valence-electron chi connectivity index (χ3n) is 4.39. The van der Waals surface area contributed by atoms with Crippen molar-refractivity contribution in [3.8, 4) is 0 Å². The van der Waals surface area contributed by atoms with Crippen molar-refractivity contribution in [2.75, 3.05) is 24.2 Å². The molecule has 0 spiro atoms. The van der Waals surface area contributed by atoms with Gasteiger partial charge in [-0.3, -0.25) is 4.79 Å². The quantitative estimate of drug-likeness (QED) is 0.463. The topological polar surface area (TPSA) is 157 Å². The minimum Gasteiger partial charge on any atom is -0.444 e. The summed E-state index contributed by atoms with van der Waals surface area (Å²) in [5.41, 5.74) is 10.5. The van der Waals surface area contributed by atoms with Gasteiger partial charge in [0.2, 0.25) is 0 Å². The molecule has 2 rings (SSSR count). The highest BCUT2D eigenvalue weighted by Crippen LogP contribution is 2.29. The van der Waals surface area contributed by atoms with Crippen LogP contribution in [0.4, 0.5) is 10.5 Å². The van der Waals surface area contributed by atoms with E-state index in [4.69, 9.17) is 16.2 Å². The number of carbonyl (C=O) groups is 2. The van der Waals surface area contributed by atoms with Gasteiger partial charge in [-0.25, -0.2) is 13.2 Å². The Bertz CT molecular complexity index is 941. The van der Waals surface area contributed by atoms with E-state index < -0.39 is 27.4 Å². The molecule has 0 bridgehead atoms. The molecule has 1 aliphatic heterocycles. The lowest BCUT2D eigenvalue weighted by Crippen LogP contribution is -2.46. The molecule has 1 heterocycles. The molecule has 0 aromatic heterocycles. The zero-order chi connectivity index (χ0) is 22.7. The minimum absolute atomic E-state index is 0.0933. The maximum absolute atomic E-state index is 12.2. The Morgan fingerprint density at radius 3 is 2.30 bits per heavy atom. The summed E-state index contributed by atoms with van der Waals surface area (Å²) in [4.78, 5) is 29.6. The number of ether oxygens (including phenoxy) is 1. The van der Waals surface area contributed by atoms with Crippen molar-refractivity contribution in [1.29, 1.82) is 0 Å². The number of guanidine groups is 1. The van der Waals surface area contributed by atoms with Gasteiger partial charge in [-0.2, -0.15) is 4.99 Å². The molecule has 0 atom stereocenters. The smallest absolute Gasteiger partial charge is 0.407 e. The number of sulfone groups is 1. The van der Waals surface area contributed by atoms with Crippen LogP contribution < -0.4 is 21.7 Å². The van der Waals surface area contributed by atoms with Gasteiger partial charge < -0.3 is 26.4 Å². The number of carbonyl (C=O) groups excluding carboxylic acids is 2. The number of benzene rings is 1. The number of alkyl carbamates (subject to hydrolysis) is 1. The highest BCUT2D eigenvalue weighted by Gasteiger charge is 2.27. The van der Waals surface area contributed by atoms with Crippen LogP contribution in [0.1, 0.15) is 44.0 Å². The highest BCUT2D eigenvalue weighted by atomic mass is 32.2. The van der Waals surface area contributed by atoms with Crippen LogP contribution in [-0.2, 0) is 14.6 Å². The first-order valence-corrected chi connectivity index (χ1v) is 11.4. The normalized spacial score (nSPS) is 15.4. The fourth-order valence-corrected chi connectivity index (χ4v) is 4.01. The Labute approximate surface area is 176 Å². The van der Waals surface area contributed by atoms with Crippen molar-refractivity contribution in [2.45, 2.75) is 50.2 Å². The molecule has 1 aromatic carbocycles. The molecule has 10 nitrogen and oxygen atoms in total. The van der Waals surface area contributed by atoms with Gasteiger partial charge in [0.1, 0.15) is 5.60 Å². The van der Waals surface area contributed by atoms with Gasteiger partial charge in [-0.05, 0) is 51.8 Å². The predicted molar refractivity (Wildman–Crippen MR) is 114 cm³/mol. The lowest BCUT2D eigenvalue weighted by molar-refractivity contribution is 0.0497. The molecule has 0 radical (unpaired) electrons. The van der Waals surface area contributed by atoms with Gasteiger partial charge in [0.25, 0.3) is 5.91 Å². The Morgan fingerprint density at radius 2 is 1.80 bits per heavy atom. The van der Waals surface area contributed by atoms with Crippen LogP contribution in [-0.4, -0.2) is 57.4 Å². The first-order valence-electron chi connectivity index (χ1n) is 9.49. The number of anilines is 1. The van der Waals surface area contributed by atoms with Crippen molar-refractivity contribution < 1.29 is 22.7 Å². The van der Waals surface area contributed by atoms with Gasteiger partial charge in [0.15, 0.2) is 15.8 Å². The van der Waals surface area contributed by atoms with Gasteiger partial charge >= 0.3 is 6.09 Å². The average molecular weight is 440 g/mol. The number of rotatable bonds is 4. The van der Waals surface area contributed by atoms with Crippen LogP contribution in [0.25, 0.3) is 0 Å². The highest BCUT2D eigenvalue weighted by molar-refractivity contribution is 7.90. The number of aliphatic imine (C=N–C) groups is 1. The molecule has 0 unspecified atom stereocenters. The summed E-state index contributed by atoms with van der Waals surface area (Å²) in [5, 5.41) is 2.84. The summed E-state index contributed by atoms with van der Waals surface area (Å²) in [6, 6.07) is 4.15. The Balaban J connectivity index is 2.19. The van der Waals surface area contributed by atoms with E-state index in [0.29, 0.717) is 31.6 Å². The number of hydrogen-bond acceptors (Lipinski definition) is 6. The van der Waals surface area contributed by atoms with E-state index in [0.717, 1.165) is 6.26 Å². The minimum atomic E-state index is -3.53. The molecule has 1 aliphatic rings. The molecule has 2 amide bonds. The number of nitrogens with two attached hydrogens (primary N) is 2. The van der Waals surface area contributed by atoms with E-state index in [1.54, 1.807) is 20.8 Å². The monoisotopic (exact) mass is 439 g/mol. The molecule has 5 N–H and O–H groups in total. The van der Waals surface area contributed by atoms with Crippen molar-refractivity contribution >= 4 is 33.5 Å². The van der Waals surface area contributed by atoms with Crippen molar-refractivity contribution in [3.63, 3.8) is 0 Å². The molecule has 1 aromatic rings. The van der Waals surface area contributed by atoms with Crippen LogP contribution in [0, 0.1) is 0 Å². The molecule has 30 heavy (non-hydrogen) atoms. The first-order chi connectivity index (χ1) is 13.8. The van der Waals surface area contributed by atoms with Crippen LogP contribution in [0.5, 0.6) is 0 Å². The van der Waals surface area contributed by atoms with Gasteiger partial charge in [0.05, 0.1) is 10.6 Å². The Kier molecular flexibility index (Phi) is 6.96. The molecule has 11 heteroatoms. The molecule has 166 valence electrons. The summed E-state index contributed by atoms with van der Waals surface area (Å²) < 4.78 is 29.8. The Morgan fingerprint density at radius 1 is 1.20 bits per heavy atom. The van der Waals surface area contributed by atoms with Crippen LogP contribution in [0.2, 0.25) is 0 Å². The third-order valence-corrected chi connectivity index (χ3v) is 5.54. The largest absolute Gasteiger partial charge is 0.444 e. The average Bonchev–Trinajstić information content (AvgIpc) is 2.58. The number of nitrogens with zero attached hydrogens (tertiary/aromatic N) is 2. The van der Waals surface area contributed by atoms with Gasteiger partial charge in [-0.1, -0.05) is 0 Å². The number of piperidine rings is 1. The fraction of sp³-hybridized carbons (Fsp3) is 0.526. The number of nitrogens with one attached hydrogen (secondary N) is 1. The third kappa shape index (κ3) is 6.61. The van der Waals surface area contributed by atoms with E-state index in [1.165, 1.54) is 18.2 Å². The number of hydrogen-bond donors (Lipinski definition) is 3. The zero-order valence-corrected chi connectivity index (χ0v) is 18.5. The summed E-state index contributed by atoms with van der Waals surface area (Å²) in [6.45, 7) is 6.35. The standard InChI is InChI=1S/C19H29N5O5S/c1-19(2,3)29-18(26)22-13-7-9-24(10-8-13)14-11-12(16(25)23-17(20)21)5-6-15(14)30(4,27)28/h5-6,11,13H,7-10H2,1-4H3,(H,22,26)(H4,20,21,23,25). The molecular formula is C19H29N5O5S. The van der Waals surface area contributed by atoms with Crippen LogP contribution >= 0.6 is 0 Å². The molecular weight excluding hydrogens is 410 g/mol. The van der Waals surface area contributed by atoms with Crippen molar-refractivity contribution in [1.82, 2.24) is 5.32 Å². The zero-order valence-electron chi connectivity index (χ0n) is 17.6. The van der Waals surface area contributed by atoms with E-state index in [9.17, 15) is 18.0 Å². The first kappa shape index (κ1) is 23.5. The SMILES string of the molecule is CC(C)(C)OC(=O)NC1CCN(c2cc(C(=O)N=C(N)N)ccc2S(C)(=O)=O)CC1. The van der Waals surface area contributed by atoms with E-state index >= 15 is 0 Å². The lowest BCUT2D eigenvalue weighted by Gasteiger charge is -2.35. The second-order valence-corrected chi connectivity index (χ2v) is 10.2. The maximum atomic E-state index is 12.2. The second-order valence-electron chi connectivity index (χ2n) is 8.20. The van der Waals surface area contributed by atoms with Gasteiger partial charge in [-0.15, -0.1) is 0 Å². The fourth-order valence-electron chi connectivity index (χ4n) is 3.13. The Hall–Kier alpha value is -2.82. The van der Waals surface area contributed by atoms with Crippen LogP contribution in [0.15, 0.2) is 28.1 Å². The lowest BCUT2D eigenvalue weighted by atomic mass is 10.0. The summed E-state index contributed by atoms with van der Waals surface area (Å²) in [6.07, 6.45) is 1.81. The van der Waals surface area contributed by atoms with Crippen LogP contribution in [0.3, 0.4) is 0 Å². The second kappa shape index (κ2) is 8.90. The van der Waals surface area contributed by atoms with Crippen molar-refractivity contribution in [2.24, 2.45) is 16.5 Å². The molecule has 1 saturated heterocycles. The maximum Gasteiger partial charge on any atom is 0.407 e. The molecule has 0 saturated carbocycles. The summed E-state index contributed by atoms with van der Waals surface area (Å²) in [5.74, 6) is -1.03. The predicted octanol–water partition coefficient (Wildman–Crippen LogP) is 0.997. The summed E-state index contributed by atoms with van der Waals surface area (Å²) >= 11 is 0. The number of amides is 2. The van der Waals surface area contributed by atoms with E-state index in [-0.39, 0.29) is 22.5 Å². The molecule has 1 fully saturated rings.